The third-order valence-electron chi connectivity index (χ3n) is 4.38. The molecule has 0 heterocycles. The van der Waals surface area contributed by atoms with E-state index < -0.39 is 0 Å². The second kappa shape index (κ2) is 6.23. The van der Waals surface area contributed by atoms with Gasteiger partial charge in [0.15, 0.2) is 0 Å². The van der Waals surface area contributed by atoms with Crippen LogP contribution in [0.25, 0.3) is 10.8 Å². The van der Waals surface area contributed by atoms with Gasteiger partial charge >= 0.3 is 0 Å². The zero-order valence-electron chi connectivity index (χ0n) is 12.2. The number of hydrogen-bond acceptors (Lipinski definition) is 1. The lowest BCUT2D eigenvalue weighted by Gasteiger charge is -2.21. The van der Waals surface area contributed by atoms with E-state index in [9.17, 15) is 0 Å². The lowest BCUT2D eigenvalue weighted by molar-refractivity contribution is 0.559. The Labute approximate surface area is 121 Å². The van der Waals surface area contributed by atoms with Crippen LogP contribution < -0.4 is 5.32 Å². The van der Waals surface area contributed by atoms with Gasteiger partial charge in [0.25, 0.3) is 0 Å². The quantitative estimate of drug-likeness (QED) is 0.768. The zero-order chi connectivity index (χ0) is 13.8. The van der Waals surface area contributed by atoms with Crippen molar-refractivity contribution in [3.63, 3.8) is 0 Å². The second-order valence-electron chi connectivity index (χ2n) is 5.76. The molecule has 0 bridgehead atoms. The van der Waals surface area contributed by atoms with Crippen LogP contribution in [-0.2, 0) is 0 Å². The lowest BCUT2D eigenvalue weighted by atomic mass is 9.91. The minimum absolute atomic E-state index is 0.434. The number of allylic oxidation sites excluding steroid dienone is 1. The number of hydrogen-bond donors (Lipinski definition) is 1. The highest BCUT2D eigenvalue weighted by molar-refractivity contribution is 5.83. The third kappa shape index (κ3) is 2.94. The first-order chi connectivity index (χ1) is 9.86. The fourth-order valence-corrected chi connectivity index (χ4v) is 3.16. The van der Waals surface area contributed by atoms with E-state index in [4.69, 9.17) is 0 Å². The molecule has 1 aliphatic rings. The van der Waals surface area contributed by atoms with Crippen LogP contribution in [0.2, 0.25) is 0 Å². The van der Waals surface area contributed by atoms with E-state index in [0.717, 1.165) is 6.42 Å². The summed E-state index contributed by atoms with van der Waals surface area (Å²) in [6.07, 6.45) is 8.88. The van der Waals surface area contributed by atoms with Gasteiger partial charge in [-0.3, -0.25) is 0 Å². The molecule has 1 nitrogen and oxygen atoms in total. The third-order valence-corrected chi connectivity index (χ3v) is 4.38. The van der Waals surface area contributed by atoms with Crippen molar-refractivity contribution < 1.29 is 0 Å². The summed E-state index contributed by atoms with van der Waals surface area (Å²) in [5.74, 6) is 0. The molecule has 0 radical (unpaired) electrons. The summed E-state index contributed by atoms with van der Waals surface area (Å²) < 4.78 is 0. The van der Waals surface area contributed by atoms with Crippen LogP contribution in [0.4, 0.5) is 0 Å². The lowest BCUT2D eigenvalue weighted by Crippen LogP contribution is -2.17. The minimum atomic E-state index is 0.434. The predicted molar refractivity (Wildman–Crippen MR) is 86.9 cm³/mol. The van der Waals surface area contributed by atoms with Crippen molar-refractivity contribution in [3.05, 3.63) is 59.7 Å². The molecule has 104 valence electrons. The van der Waals surface area contributed by atoms with Crippen molar-refractivity contribution in [1.82, 2.24) is 5.32 Å². The number of benzene rings is 2. The van der Waals surface area contributed by atoms with Gasteiger partial charge in [-0.15, -0.1) is 0 Å². The maximum Gasteiger partial charge on any atom is 0.0355 e. The van der Waals surface area contributed by atoms with Crippen molar-refractivity contribution in [2.24, 2.45) is 0 Å². The first-order valence-corrected chi connectivity index (χ1v) is 7.71. The molecule has 3 rings (SSSR count). The average Bonchev–Trinajstić information content (AvgIpc) is 2.53. The van der Waals surface area contributed by atoms with Crippen LogP contribution in [0.3, 0.4) is 0 Å². The maximum absolute atomic E-state index is 3.49. The molecule has 0 aromatic heterocycles. The van der Waals surface area contributed by atoms with E-state index in [1.54, 1.807) is 5.57 Å². The van der Waals surface area contributed by atoms with E-state index in [0.29, 0.717) is 6.04 Å². The summed E-state index contributed by atoms with van der Waals surface area (Å²) in [7, 11) is 2.07. The van der Waals surface area contributed by atoms with E-state index in [1.165, 1.54) is 42.0 Å². The summed E-state index contributed by atoms with van der Waals surface area (Å²) in [5, 5.41) is 6.15. The van der Waals surface area contributed by atoms with Crippen LogP contribution in [0.1, 0.15) is 43.7 Å². The molecule has 1 N–H and O–H groups in total. The summed E-state index contributed by atoms with van der Waals surface area (Å²) in [4.78, 5) is 0. The SMILES string of the molecule is CNC(CC1=CCCCC1)c1ccc2ccccc2c1. The number of nitrogens with one attached hydrogen (secondary N) is 1. The molecule has 1 atom stereocenters. The van der Waals surface area contributed by atoms with Gasteiger partial charge in [0.1, 0.15) is 0 Å². The fraction of sp³-hybridized carbons (Fsp3) is 0.368. The van der Waals surface area contributed by atoms with Gasteiger partial charge in [-0.1, -0.05) is 48.0 Å². The first kappa shape index (κ1) is 13.4. The fourth-order valence-electron chi connectivity index (χ4n) is 3.16. The molecule has 1 aliphatic carbocycles. The van der Waals surface area contributed by atoms with Gasteiger partial charge in [-0.05, 0) is 61.6 Å². The summed E-state index contributed by atoms with van der Waals surface area (Å²) >= 11 is 0. The van der Waals surface area contributed by atoms with Crippen molar-refractivity contribution in [1.29, 1.82) is 0 Å². The molecule has 0 aliphatic heterocycles. The Balaban J connectivity index is 1.84. The Hall–Kier alpha value is -1.60. The van der Waals surface area contributed by atoms with E-state index in [2.05, 4.69) is 60.9 Å². The Morgan fingerprint density at radius 2 is 1.90 bits per heavy atom. The molecule has 20 heavy (non-hydrogen) atoms. The Morgan fingerprint density at radius 1 is 1.05 bits per heavy atom. The van der Waals surface area contributed by atoms with Gasteiger partial charge in [0, 0.05) is 6.04 Å². The molecule has 2 aromatic rings. The monoisotopic (exact) mass is 265 g/mol. The number of rotatable bonds is 4. The Morgan fingerprint density at radius 3 is 2.65 bits per heavy atom. The van der Waals surface area contributed by atoms with Crippen LogP contribution in [0.5, 0.6) is 0 Å². The number of fused-ring (bicyclic) bond motifs is 1. The Kier molecular flexibility index (Phi) is 4.17. The second-order valence-corrected chi connectivity index (χ2v) is 5.76. The van der Waals surface area contributed by atoms with E-state index in [1.807, 2.05) is 0 Å². The topological polar surface area (TPSA) is 12.0 Å². The summed E-state index contributed by atoms with van der Waals surface area (Å²) in [6.45, 7) is 0. The van der Waals surface area contributed by atoms with Gasteiger partial charge in [-0.25, -0.2) is 0 Å². The summed E-state index contributed by atoms with van der Waals surface area (Å²) in [6, 6.07) is 15.9. The standard InChI is InChI=1S/C19H23N/c1-20-19(13-15-7-3-2-4-8-15)18-12-11-16-9-5-6-10-17(16)14-18/h5-7,9-12,14,19-20H,2-4,8,13H2,1H3. The molecule has 0 saturated carbocycles. The van der Waals surface area contributed by atoms with Crippen molar-refractivity contribution in [2.45, 2.75) is 38.1 Å². The highest BCUT2D eigenvalue weighted by Crippen LogP contribution is 2.29. The molecule has 2 aromatic carbocycles. The Bertz CT molecular complexity index is 612. The average molecular weight is 265 g/mol. The molecule has 1 heteroatoms. The zero-order valence-corrected chi connectivity index (χ0v) is 12.2. The van der Waals surface area contributed by atoms with Gasteiger partial charge in [0.2, 0.25) is 0 Å². The smallest absolute Gasteiger partial charge is 0.0355 e. The normalized spacial score (nSPS) is 16.9. The molecular weight excluding hydrogens is 242 g/mol. The van der Waals surface area contributed by atoms with Crippen LogP contribution in [-0.4, -0.2) is 7.05 Å². The summed E-state index contributed by atoms with van der Waals surface area (Å²) in [5.41, 5.74) is 3.03. The largest absolute Gasteiger partial charge is 0.313 e. The molecule has 0 saturated heterocycles. The highest BCUT2D eigenvalue weighted by atomic mass is 14.9. The molecule has 0 spiro atoms. The molecule has 0 fully saturated rings. The van der Waals surface area contributed by atoms with Crippen LogP contribution in [0.15, 0.2) is 54.1 Å². The van der Waals surface area contributed by atoms with Gasteiger partial charge in [0.05, 0.1) is 0 Å². The van der Waals surface area contributed by atoms with Gasteiger partial charge in [-0.2, -0.15) is 0 Å². The molecular formula is C19H23N. The van der Waals surface area contributed by atoms with Gasteiger partial charge < -0.3 is 5.32 Å². The van der Waals surface area contributed by atoms with E-state index in [-0.39, 0.29) is 0 Å². The van der Waals surface area contributed by atoms with Crippen LogP contribution >= 0.6 is 0 Å². The highest BCUT2D eigenvalue weighted by Gasteiger charge is 2.13. The molecule has 1 unspecified atom stereocenters. The predicted octanol–water partition coefficient (Wildman–Crippen LogP) is 4.99. The van der Waals surface area contributed by atoms with Crippen molar-refractivity contribution >= 4 is 10.8 Å². The van der Waals surface area contributed by atoms with Crippen LogP contribution in [0, 0.1) is 0 Å². The van der Waals surface area contributed by atoms with Crippen molar-refractivity contribution in [3.8, 4) is 0 Å². The van der Waals surface area contributed by atoms with Crippen molar-refractivity contribution in [2.75, 3.05) is 7.05 Å². The minimum Gasteiger partial charge on any atom is -0.313 e. The maximum atomic E-state index is 3.49. The van der Waals surface area contributed by atoms with E-state index >= 15 is 0 Å². The molecule has 0 amide bonds. The first-order valence-electron chi connectivity index (χ1n) is 7.71.